The third kappa shape index (κ3) is 3.23. The van der Waals surface area contributed by atoms with Crippen LogP contribution in [-0.2, 0) is 16.0 Å². The lowest BCUT2D eigenvalue weighted by molar-refractivity contribution is -0.130. The fraction of sp³-hybridized carbons (Fsp3) is 0.125. The van der Waals surface area contributed by atoms with Crippen LogP contribution in [-0.4, -0.2) is 11.9 Å². The molecule has 0 saturated carbocycles. The number of ether oxygens (including phenoxy) is 1. The van der Waals surface area contributed by atoms with E-state index in [1.54, 1.807) is 18.4 Å². The quantitative estimate of drug-likeness (QED) is 0.636. The summed E-state index contributed by atoms with van der Waals surface area (Å²) in [6, 6.07) is 10.9. The molecule has 2 heterocycles. The smallest absolute Gasteiger partial charge is 0.363 e. The van der Waals surface area contributed by atoms with E-state index in [0.717, 1.165) is 11.3 Å². The molecule has 21 heavy (non-hydrogen) atoms. The molecule has 0 atom stereocenters. The van der Waals surface area contributed by atoms with Crippen LogP contribution < -0.4 is 0 Å². The van der Waals surface area contributed by atoms with E-state index in [4.69, 9.17) is 20.8 Å². The summed E-state index contributed by atoms with van der Waals surface area (Å²) < 4.78 is 10.4. The van der Waals surface area contributed by atoms with E-state index in [0.29, 0.717) is 23.8 Å². The highest BCUT2D eigenvalue weighted by Gasteiger charge is 2.23. The number of hydrogen-bond acceptors (Lipinski definition) is 4. The van der Waals surface area contributed by atoms with Gasteiger partial charge >= 0.3 is 5.97 Å². The lowest BCUT2D eigenvalue weighted by atomic mass is 10.2. The van der Waals surface area contributed by atoms with Gasteiger partial charge in [0.15, 0.2) is 11.6 Å². The monoisotopic (exact) mass is 301 g/mol. The van der Waals surface area contributed by atoms with Crippen molar-refractivity contribution >= 4 is 29.5 Å². The molecular weight excluding hydrogens is 290 g/mol. The second-order valence-electron chi connectivity index (χ2n) is 4.53. The molecule has 3 rings (SSSR count). The Morgan fingerprint density at radius 1 is 1.14 bits per heavy atom. The molecule has 1 aromatic heterocycles. The molecule has 0 aliphatic carbocycles. The van der Waals surface area contributed by atoms with Gasteiger partial charge < -0.3 is 9.15 Å². The van der Waals surface area contributed by atoms with Crippen LogP contribution in [0, 0.1) is 0 Å². The summed E-state index contributed by atoms with van der Waals surface area (Å²) in [5.74, 6) is 0.774. The van der Waals surface area contributed by atoms with Gasteiger partial charge in [-0.1, -0.05) is 29.8 Å². The highest BCUT2D eigenvalue weighted by Crippen LogP contribution is 2.22. The van der Waals surface area contributed by atoms with Crippen molar-refractivity contribution in [1.29, 1.82) is 0 Å². The van der Waals surface area contributed by atoms with Gasteiger partial charge in [0.1, 0.15) is 5.76 Å². The van der Waals surface area contributed by atoms with Crippen molar-refractivity contribution in [2.24, 2.45) is 4.99 Å². The second kappa shape index (κ2) is 5.97. The van der Waals surface area contributed by atoms with Crippen molar-refractivity contribution in [3.05, 3.63) is 64.7 Å². The summed E-state index contributed by atoms with van der Waals surface area (Å²) >= 11 is 6.06. The molecule has 0 radical (unpaired) electrons. The average Bonchev–Trinajstić information content (AvgIpc) is 3.10. The summed E-state index contributed by atoms with van der Waals surface area (Å²) in [6.45, 7) is 0. The zero-order valence-electron chi connectivity index (χ0n) is 11.1. The minimum Gasteiger partial charge on any atom is -0.469 e. The highest BCUT2D eigenvalue weighted by molar-refractivity contribution is 6.32. The number of aliphatic imine (C=N–C) groups is 1. The molecule has 1 aliphatic heterocycles. The Hall–Kier alpha value is -2.33. The van der Waals surface area contributed by atoms with E-state index >= 15 is 0 Å². The second-order valence-corrected chi connectivity index (χ2v) is 4.93. The minimum atomic E-state index is -0.454. The molecule has 0 unspecified atom stereocenters. The number of aryl methyl sites for hydroxylation is 1. The van der Waals surface area contributed by atoms with Crippen LogP contribution in [0.1, 0.15) is 17.7 Å². The van der Waals surface area contributed by atoms with E-state index in [1.165, 1.54) is 0 Å². The van der Waals surface area contributed by atoms with Gasteiger partial charge in [-0.15, -0.1) is 0 Å². The maximum Gasteiger partial charge on any atom is 0.363 e. The van der Waals surface area contributed by atoms with E-state index in [2.05, 4.69) is 4.99 Å². The molecule has 1 aliphatic rings. The third-order valence-electron chi connectivity index (χ3n) is 3.03. The van der Waals surface area contributed by atoms with Gasteiger partial charge in [0.05, 0.1) is 6.26 Å². The standard InChI is InChI=1S/C16H12ClNO3/c17-13-6-2-1-4-11(13)10-14-16(19)21-15(18-14)8-7-12-5-3-9-20-12/h1-6,9-10H,7-8H2/b14-10-. The number of cyclic esters (lactones) is 1. The van der Waals surface area contributed by atoms with Gasteiger partial charge in [0, 0.05) is 17.9 Å². The number of furan rings is 1. The van der Waals surface area contributed by atoms with Crippen LogP contribution in [0.4, 0.5) is 0 Å². The predicted molar refractivity (Wildman–Crippen MR) is 80.0 cm³/mol. The summed E-state index contributed by atoms with van der Waals surface area (Å²) in [5.41, 5.74) is 1.000. The van der Waals surface area contributed by atoms with Crippen LogP contribution in [0.3, 0.4) is 0 Å². The van der Waals surface area contributed by atoms with Gasteiger partial charge in [0.2, 0.25) is 0 Å². The van der Waals surface area contributed by atoms with Crippen LogP contribution in [0.5, 0.6) is 0 Å². The van der Waals surface area contributed by atoms with E-state index in [-0.39, 0.29) is 5.70 Å². The van der Waals surface area contributed by atoms with Crippen molar-refractivity contribution in [2.75, 3.05) is 0 Å². The Kier molecular flexibility index (Phi) is 3.88. The molecule has 0 N–H and O–H groups in total. The average molecular weight is 302 g/mol. The van der Waals surface area contributed by atoms with Gasteiger partial charge in [-0.25, -0.2) is 9.79 Å². The first-order valence-electron chi connectivity index (χ1n) is 6.51. The first-order chi connectivity index (χ1) is 10.2. The van der Waals surface area contributed by atoms with Gasteiger partial charge in [-0.05, 0) is 29.8 Å². The van der Waals surface area contributed by atoms with Crippen molar-refractivity contribution < 1.29 is 13.9 Å². The number of esters is 1. The molecule has 106 valence electrons. The first-order valence-corrected chi connectivity index (χ1v) is 6.88. The van der Waals surface area contributed by atoms with Crippen molar-refractivity contribution in [1.82, 2.24) is 0 Å². The molecule has 4 nitrogen and oxygen atoms in total. The van der Waals surface area contributed by atoms with Gasteiger partial charge in [-0.3, -0.25) is 0 Å². The minimum absolute atomic E-state index is 0.262. The molecule has 2 aromatic rings. The Labute approximate surface area is 126 Å². The number of halogens is 1. The number of hydrogen-bond donors (Lipinski definition) is 0. The largest absolute Gasteiger partial charge is 0.469 e. The van der Waals surface area contributed by atoms with Crippen LogP contribution in [0.15, 0.2) is 57.8 Å². The topological polar surface area (TPSA) is 51.8 Å². The lowest BCUT2D eigenvalue weighted by Crippen LogP contribution is -2.04. The van der Waals surface area contributed by atoms with Crippen LogP contribution >= 0.6 is 11.6 Å². The maximum absolute atomic E-state index is 11.8. The Bertz CT molecular complexity index is 717. The van der Waals surface area contributed by atoms with Gasteiger partial charge in [0.25, 0.3) is 0 Å². The zero-order chi connectivity index (χ0) is 14.7. The fourth-order valence-electron chi connectivity index (χ4n) is 1.98. The molecule has 0 amide bonds. The third-order valence-corrected chi connectivity index (χ3v) is 3.37. The van der Waals surface area contributed by atoms with Crippen molar-refractivity contribution in [3.8, 4) is 0 Å². The molecule has 0 saturated heterocycles. The maximum atomic E-state index is 11.8. The van der Waals surface area contributed by atoms with E-state index in [1.807, 2.05) is 30.3 Å². The fourth-order valence-corrected chi connectivity index (χ4v) is 2.17. The Morgan fingerprint density at radius 3 is 2.76 bits per heavy atom. The highest BCUT2D eigenvalue weighted by atomic mass is 35.5. The van der Waals surface area contributed by atoms with Crippen LogP contribution in [0.25, 0.3) is 6.08 Å². The molecule has 1 aromatic carbocycles. The number of carbonyl (C=O) groups is 1. The van der Waals surface area contributed by atoms with Crippen molar-refractivity contribution in [3.63, 3.8) is 0 Å². The summed E-state index contributed by atoms with van der Waals surface area (Å²) in [6.07, 6.45) is 4.39. The SMILES string of the molecule is O=C1OC(CCc2ccco2)=N/C1=C\c1ccccc1Cl. The lowest BCUT2D eigenvalue weighted by Gasteiger charge is -1.97. The molecule has 0 fully saturated rings. The summed E-state index contributed by atoms with van der Waals surface area (Å²) in [7, 11) is 0. The number of benzene rings is 1. The van der Waals surface area contributed by atoms with Gasteiger partial charge in [-0.2, -0.15) is 0 Å². The normalized spacial score (nSPS) is 16.1. The summed E-state index contributed by atoms with van der Waals surface area (Å²) in [4.78, 5) is 16.0. The number of rotatable bonds is 4. The Balaban J connectivity index is 1.74. The van der Waals surface area contributed by atoms with E-state index in [9.17, 15) is 4.79 Å². The Morgan fingerprint density at radius 2 is 2.00 bits per heavy atom. The summed E-state index contributed by atoms with van der Waals surface area (Å²) in [5, 5.41) is 0.567. The van der Waals surface area contributed by atoms with Crippen molar-refractivity contribution in [2.45, 2.75) is 12.8 Å². The van der Waals surface area contributed by atoms with Crippen LogP contribution in [0.2, 0.25) is 5.02 Å². The molecule has 0 spiro atoms. The molecule has 5 heteroatoms. The number of nitrogens with zero attached hydrogens (tertiary/aromatic N) is 1. The molecule has 0 bridgehead atoms. The predicted octanol–water partition coefficient (Wildman–Crippen LogP) is 3.86. The molecular formula is C16H12ClNO3. The number of carbonyl (C=O) groups excluding carboxylic acids is 1. The zero-order valence-corrected chi connectivity index (χ0v) is 11.8. The van der Waals surface area contributed by atoms with E-state index < -0.39 is 5.97 Å². The first kappa shape index (κ1) is 13.6.